The topological polar surface area (TPSA) is 46.0 Å². The predicted molar refractivity (Wildman–Crippen MR) is 49.1 cm³/mol. The average Bonchev–Trinajstić information content (AvgIpc) is 2.32. The van der Waals surface area contributed by atoms with Gasteiger partial charge in [0.1, 0.15) is 0 Å². The van der Waals surface area contributed by atoms with Crippen LogP contribution in [0.4, 0.5) is 0 Å². The summed E-state index contributed by atoms with van der Waals surface area (Å²) in [5.74, 6) is 0. The molecule has 1 aromatic rings. The zero-order valence-corrected chi connectivity index (χ0v) is 8.06. The summed E-state index contributed by atoms with van der Waals surface area (Å²) < 4.78 is 1.82. The summed E-state index contributed by atoms with van der Waals surface area (Å²) in [5.41, 5.74) is 1.16. The zero-order valence-electron chi connectivity index (χ0n) is 8.06. The molecular weight excluding hydrogens is 166 g/mol. The van der Waals surface area contributed by atoms with E-state index in [0.717, 1.165) is 25.3 Å². The largest absolute Gasteiger partial charge is 0.314 e. The van der Waals surface area contributed by atoms with E-state index < -0.39 is 0 Å². The highest BCUT2D eigenvalue weighted by molar-refractivity contribution is 4.95. The van der Waals surface area contributed by atoms with E-state index in [1.807, 2.05) is 17.9 Å². The fourth-order valence-electron chi connectivity index (χ4n) is 1.42. The lowest BCUT2D eigenvalue weighted by Gasteiger charge is -2.35. The fourth-order valence-corrected chi connectivity index (χ4v) is 1.42. The molecular formula is C8H15N5. The van der Waals surface area contributed by atoms with Crippen LogP contribution in [-0.4, -0.2) is 46.1 Å². The Balaban J connectivity index is 1.93. The van der Waals surface area contributed by atoms with E-state index in [4.69, 9.17) is 0 Å². The highest BCUT2D eigenvalue weighted by atomic mass is 15.4. The van der Waals surface area contributed by atoms with Crippen LogP contribution >= 0.6 is 0 Å². The van der Waals surface area contributed by atoms with Gasteiger partial charge in [0.2, 0.25) is 0 Å². The molecule has 72 valence electrons. The zero-order chi connectivity index (χ0) is 9.26. The van der Waals surface area contributed by atoms with Gasteiger partial charge >= 0.3 is 0 Å². The van der Waals surface area contributed by atoms with Crippen molar-refractivity contribution in [2.45, 2.75) is 12.6 Å². The van der Waals surface area contributed by atoms with Crippen molar-refractivity contribution in [2.75, 3.05) is 20.1 Å². The Labute approximate surface area is 77.7 Å². The van der Waals surface area contributed by atoms with Crippen molar-refractivity contribution in [1.82, 2.24) is 25.2 Å². The van der Waals surface area contributed by atoms with E-state index in [-0.39, 0.29) is 0 Å². The predicted octanol–water partition coefficient (Wildman–Crippen LogP) is -0.781. The first-order valence-corrected chi connectivity index (χ1v) is 4.52. The monoisotopic (exact) mass is 181 g/mol. The highest BCUT2D eigenvalue weighted by Crippen LogP contribution is 2.06. The minimum atomic E-state index is 0.676. The molecule has 0 aromatic carbocycles. The number of nitrogens with zero attached hydrogens (tertiary/aromatic N) is 4. The lowest BCUT2D eigenvalue weighted by molar-refractivity contribution is 0.169. The van der Waals surface area contributed by atoms with Crippen LogP contribution in [0.2, 0.25) is 0 Å². The van der Waals surface area contributed by atoms with Crippen molar-refractivity contribution in [3.05, 3.63) is 11.9 Å². The van der Waals surface area contributed by atoms with E-state index >= 15 is 0 Å². The van der Waals surface area contributed by atoms with Crippen LogP contribution < -0.4 is 5.32 Å². The van der Waals surface area contributed by atoms with Crippen LogP contribution in [-0.2, 0) is 13.6 Å². The summed E-state index contributed by atoms with van der Waals surface area (Å²) in [7, 11) is 4.06. The lowest BCUT2D eigenvalue weighted by Crippen LogP contribution is -2.55. The average molecular weight is 181 g/mol. The molecule has 0 bridgehead atoms. The molecule has 0 amide bonds. The third-order valence-electron chi connectivity index (χ3n) is 2.60. The van der Waals surface area contributed by atoms with Gasteiger partial charge in [-0.05, 0) is 7.05 Å². The number of nitrogens with one attached hydrogen (secondary N) is 1. The third kappa shape index (κ3) is 1.71. The van der Waals surface area contributed by atoms with Crippen molar-refractivity contribution >= 4 is 0 Å². The van der Waals surface area contributed by atoms with E-state index in [1.165, 1.54) is 0 Å². The van der Waals surface area contributed by atoms with Gasteiger partial charge in [0.05, 0.1) is 11.9 Å². The summed E-state index contributed by atoms with van der Waals surface area (Å²) in [4.78, 5) is 2.33. The first-order chi connectivity index (χ1) is 6.27. The number of hydrogen-bond donors (Lipinski definition) is 1. The van der Waals surface area contributed by atoms with Gasteiger partial charge in [-0.2, -0.15) is 0 Å². The summed E-state index contributed by atoms with van der Waals surface area (Å²) in [6.45, 7) is 3.12. The number of aryl methyl sites for hydroxylation is 1. The molecule has 0 atom stereocenters. The Hall–Kier alpha value is -0.940. The number of rotatable bonds is 3. The molecule has 1 aliphatic heterocycles. The summed E-state index contributed by atoms with van der Waals surface area (Å²) in [6.07, 6.45) is 1.82. The van der Waals surface area contributed by atoms with Gasteiger partial charge in [-0.1, -0.05) is 5.21 Å². The van der Waals surface area contributed by atoms with Crippen molar-refractivity contribution in [2.24, 2.45) is 7.05 Å². The second kappa shape index (κ2) is 3.43. The molecule has 5 heteroatoms. The van der Waals surface area contributed by atoms with Gasteiger partial charge in [-0.25, -0.2) is 0 Å². The summed E-state index contributed by atoms with van der Waals surface area (Å²) >= 11 is 0. The molecule has 2 heterocycles. The molecule has 1 aromatic heterocycles. The second-order valence-corrected chi connectivity index (χ2v) is 3.58. The van der Waals surface area contributed by atoms with Crippen LogP contribution in [0.25, 0.3) is 0 Å². The normalized spacial score (nSPS) is 17.8. The summed E-state index contributed by atoms with van der Waals surface area (Å²) in [6, 6.07) is 0.676. The Kier molecular flexibility index (Phi) is 2.28. The SMILES string of the molecule is CN(Cc1cnnn1C)C1CNC1. The molecule has 0 aliphatic carbocycles. The first-order valence-electron chi connectivity index (χ1n) is 4.52. The minimum Gasteiger partial charge on any atom is -0.314 e. The second-order valence-electron chi connectivity index (χ2n) is 3.58. The van der Waals surface area contributed by atoms with Crippen LogP contribution in [0, 0.1) is 0 Å². The van der Waals surface area contributed by atoms with Crippen LogP contribution in [0.3, 0.4) is 0 Å². The quantitative estimate of drug-likeness (QED) is 0.664. The van der Waals surface area contributed by atoms with E-state index in [0.29, 0.717) is 6.04 Å². The van der Waals surface area contributed by atoms with Crippen molar-refractivity contribution in [3.8, 4) is 0 Å². The first kappa shape index (κ1) is 8.65. The number of hydrogen-bond acceptors (Lipinski definition) is 4. The van der Waals surface area contributed by atoms with Gasteiger partial charge in [0, 0.05) is 32.7 Å². The molecule has 0 radical (unpaired) electrons. The molecule has 0 unspecified atom stereocenters. The van der Waals surface area contributed by atoms with Crippen molar-refractivity contribution in [1.29, 1.82) is 0 Å². The van der Waals surface area contributed by atoms with Gasteiger partial charge in [-0.3, -0.25) is 9.58 Å². The van der Waals surface area contributed by atoms with Gasteiger partial charge in [-0.15, -0.1) is 5.10 Å². The number of likely N-dealkylation sites (N-methyl/N-ethyl adjacent to an activating group) is 1. The standard InChI is InChI=1S/C8H15N5/c1-12(7-3-9-4-7)6-8-5-10-11-13(8)2/h5,7,9H,3-4,6H2,1-2H3. The van der Waals surface area contributed by atoms with Gasteiger partial charge < -0.3 is 5.32 Å². The number of aromatic nitrogens is 3. The molecule has 0 saturated carbocycles. The van der Waals surface area contributed by atoms with Crippen LogP contribution in [0.1, 0.15) is 5.69 Å². The molecule has 0 spiro atoms. The fraction of sp³-hybridized carbons (Fsp3) is 0.750. The Bertz CT molecular complexity index is 278. The van der Waals surface area contributed by atoms with Crippen molar-refractivity contribution in [3.63, 3.8) is 0 Å². The minimum absolute atomic E-state index is 0.676. The van der Waals surface area contributed by atoms with Crippen LogP contribution in [0.5, 0.6) is 0 Å². The third-order valence-corrected chi connectivity index (χ3v) is 2.60. The smallest absolute Gasteiger partial charge is 0.0738 e. The van der Waals surface area contributed by atoms with E-state index in [1.54, 1.807) is 0 Å². The van der Waals surface area contributed by atoms with Gasteiger partial charge in [0.25, 0.3) is 0 Å². The van der Waals surface area contributed by atoms with Crippen LogP contribution in [0.15, 0.2) is 6.20 Å². The van der Waals surface area contributed by atoms with Crippen molar-refractivity contribution < 1.29 is 0 Å². The van der Waals surface area contributed by atoms with Gasteiger partial charge in [0.15, 0.2) is 0 Å². The summed E-state index contributed by atoms with van der Waals surface area (Å²) in [5, 5.41) is 11.0. The molecule has 1 saturated heterocycles. The molecule has 1 fully saturated rings. The lowest BCUT2D eigenvalue weighted by atomic mass is 10.1. The Morgan fingerprint density at radius 1 is 1.69 bits per heavy atom. The Morgan fingerprint density at radius 3 is 2.92 bits per heavy atom. The molecule has 1 N–H and O–H groups in total. The molecule has 2 rings (SSSR count). The Morgan fingerprint density at radius 2 is 2.46 bits per heavy atom. The molecule has 5 nitrogen and oxygen atoms in total. The molecule has 1 aliphatic rings. The maximum Gasteiger partial charge on any atom is 0.0738 e. The molecule has 13 heavy (non-hydrogen) atoms. The maximum absolute atomic E-state index is 3.90. The van der Waals surface area contributed by atoms with E-state index in [2.05, 4.69) is 27.6 Å². The highest BCUT2D eigenvalue weighted by Gasteiger charge is 2.21. The van der Waals surface area contributed by atoms with E-state index in [9.17, 15) is 0 Å². The maximum atomic E-state index is 3.90.